The molecule has 2 rings (SSSR count). The first-order valence-corrected chi connectivity index (χ1v) is 6.40. The van der Waals surface area contributed by atoms with Crippen molar-refractivity contribution in [1.82, 2.24) is 4.98 Å². The summed E-state index contributed by atoms with van der Waals surface area (Å²) in [6, 6.07) is 10.8. The summed E-state index contributed by atoms with van der Waals surface area (Å²) < 4.78 is 6.14. The van der Waals surface area contributed by atoms with Gasteiger partial charge in [-0.15, -0.1) is 0 Å². The Labute approximate surface area is 114 Å². The van der Waals surface area contributed by atoms with Crippen LogP contribution in [0.4, 0.5) is 0 Å². The van der Waals surface area contributed by atoms with E-state index in [1.807, 2.05) is 19.1 Å². The number of ether oxygens (including phenoxy) is 1. The number of ketones is 1. The second-order valence-corrected chi connectivity index (χ2v) is 4.45. The maximum Gasteiger partial charge on any atom is 0.216 e. The summed E-state index contributed by atoms with van der Waals surface area (Å²) in [6.07, 6.45) is 1.60. The third-order valence-corrected chi connectivity index (χ3v) is 3.04. The summed E-state index contributed by atoms with van der Waals surface area (Å²) in [5.74, 6) is 0.439. The second-order valence-electron chi connectivity index (χ2n) is 3.59. The zero-order valence-corrected chi connectivity index (χ0v) is 11.5. The maximum absolute atomic E-state index is 12.4. The van der Waals surface area contributed by atoms with Gasteiger partial charge in [0.25, 0.3) is 0 Å². The highest BCUT2D eigenvalue weighted by atomic mass is 79.9. The molecule has 0 aliphatic rings. The normalized spacial score (nSPS) is 10.1. The molecular formula is C14H12BrNO2. The van der Waals surface area contributed by atoms with Crippen LogP contribution in [0.5, 0.6) is 5.75 Å². The van der Waals surface area contributed by atoms with E-state index in [1.54, 1.807) is 30.5 Å². The summed E-state index contributed by atoms with van der Waals surface area (Å²) in [7, 11) is 0. The van der Waals surface area contributed by atoms with Gasteiger partial charge >= 0.3 is 0 Å². The first-order valence-electron chi connectivity index (χ1n) is 5.61. The molecule has 0 saturated heterocycles. The smallest absolute Gasteiger partial charge is 0.216 e. The van der Waals surface area contributed by atoms with E-state index in [1.165, 1.54) is 0 Å². The van der Waals surface area contributed by atoms with E-state index in [0.29, 0.717) is 28.1 Å². The van der Waals surface area contributed by atoms with Crippen molar-refractivity contribution in [3.05, 3.63) is 58.3 Å². The molecule has 0 radical (unpaired) electrons. The molecule has 18 heavy (non-hydrogen) atoms. The monoisotopic (exact) mass is 305 g/mol. The molecule has 1 heterocycles. The van der Waals surface area contributed by atoms with E-state index >= 15 is 0 Å². The van der Waals surface area contributed by atoms with E-state index in [0.717, 1.165) is 0 Å². The van der Waals surface area contributed by atoms with Crippen LogP contribution in [0.2, 0.25) is 0 Å². The Morgan fingerprint density at radius 3 is 2.78 bits per heavy atom. The van der Waals surface area contributed by atoms with Crippen molar-refractivity contribution in [2.45, 2.75) is 6.92 Å². The van der Waals surface area contributed by atoms with Gasteiger partial charge in [0.2, 0.25) is 5.78 Å². The molecular weight excluding hydrogens is 294 g/mol. The predicted octanol–water partition coefficient (Wildman–Crippen LogP) is 3.47. The fraction of sp³-hybridized carbons (Fsp3) is 0.143. The molecule has 92 valence electrons. The van der Waals surface area contributed by atoms with Gasteiger partial charge in [-0.3, -0.25) is 9.78 Å². The van der Waals surface area contributed by atoms with Crippen LogP contribution in [-0.4, -0.2) is 17.4 Å². The van der Waals surface area contributed by atoms with Gasteiger partial charge in [-0.05, 0) is 47.1 Å². The predicted molar refractivity (Wildman–Crippen MR) is 73.0 cm³/mol. The largest absolute Gasteiger partial charge is 0.493 e. The van der Waals surface area contributed by atoms with Crippen molar-refractivity contribution < 1.29 is 9.53 Å². The van der Waals surface area contributed by atoms with Crippen LogP contribution in [0.25, 0.3) is 0 Å². The van der Waals surface area contributed by atoms with E-state index in [9.17, 15) is 4.79 Å². The van der Waals surface area contributed by atoms with Crippen LogP contribution in [0.1, 0.15) is 23.0 Å². The molecule has 0 amide bonds. The molecule has 0 fully saturated rings. The van der Waals surface area contributed by atoms with Crippen molar-refractivity contribution in [3.63, 3.8) is 0 Å². The molecule has 2 aromatic rings. The Morgan fingerprint density at radius 1 is 1.28 bits per heavy atom. The lowest BCUT2D eigenvalue weighted by molar-refractivity contribution is 0.103. The molecule has 3 nitrogen and oxygen atoms in total. The van der Waals surface area contributed by atoms with Crippen LogP contribution in [0.3, 0.4) is 0 Å². The summed E-state index contributed by atoms with van der Waals surface area (Å²) in [5.41, 5.74) is 0.920. The number of hydrogen-bond acceptors (Lipinski definition) is 3. The van der Waals surface area contributed by atoms with Gasteiger partial charge in [0, 0.05) is 10.7 Å². The number of hydrogen-bond donors (Lipinski definition) is 0. The molecule has 0 saturated carbocycles. The van der Waals surface area contributed by atoms with Crippen molar-refractivity contribution in [3.8, 4) is 5.75 Å². The van der Waals surface area contributed by atoms with Gasteiger partial charge < -0.3 is 4.74 Å². The minimum absolute atomic E-state index is 0.147. The molecule has 0 aliphatic carbocycles. The van der Waals surface area contributed by atoms with Gasteiger partial charge in [0.05, 0.1) is 12.2 Å². The third-order valence-electron chi connectivity index (χ3n) is 2.41. The van der Waals surface area contributed by atoms with E-state index in [2.05, 4.69) is 20.9 Å². The standard InChI is InChI=1S/C14H12BrNO2/c1-2-18-12-8-4-3-6-10(12)14(17)13-11(15)7-5-9-16-13/h3-9H,2H2,1H3. The Balaban J connectivity index is 2.43. The summed E-state index contributed by atoms with van der Waals surface area (Å²) in [5, 5.41) is 0. The molecule has 4 heteroatoms. The van der Waals surface area contributed by atoms with Crippen LogP contribution in [0.15, 0.2) is 47.1 Å². The SMILES string of the molecule is CCOc1ccccc1C(=O)c1ncccc1Br. The second kappa shape index (κ2) is 5.78. The highest BCUT2D eigenvalue weighted by Crippen LogP contribution is 2.24. The number of carbonyl (C=O) groups is 1. The maximum atomic E-state index is 12.4. The minimum atomic E-state index is -0.147. The number of benzene rings is 1. The molecule has 0 N–H and O–H groups in total. The molecule has 1 aromatic carbocycles. The van der Waals surface area contributed by atoms with Crippen LogP contribution in [0, 0.1) is 0 Å². The molecule has 0 aliphatic heterocycles. The lowest BCUT2D eigenvalue weighted by atomic mass is 10.1. The average molecular weight is 306 g/mol. The number of halogens is 1. The fourth-order valence-corrected chi connectivity index (χ4v) is 2.05. The first kappa shape index (κ1) is 12.8. The molecule has 0 spiro atoms. The van der Waals surface area contributed by atoms with E-state index < -0.39 is 0 Å². The highest BCUT2D eigenvalue weighted by Gasteiger charge is 2.17. The molecule has 0 atom stereocenters. The van der Waals surface area contributed by atoms with Crippen molar-refractivity contribution in [1.29, 1.82) is 0 Å². The Bertz CT molecular complexity index is 569. The van der Waals surface area contributed by atoms with Crippen LogP contribution >= 0.6 is 15.9 Å². The number of carbonyl (C=O) groups excluding carboxylic acids is 1. The zero-order valence-electron chi connectivity index (χ0n) is 9.89. The quantitative estimate of drug-likeness (QED) is 0.812. The van der Waals surface area contributed by atoms with Crippen LogP contribution in [-0.2, 0) is 0 Å². The summed E-state index contributed by atoms with van der Waals surface area (Å²) >= 11 is 3.33. The Hall–Kier alpha value is -1.68. The first-order chi connectivity index (χ1) is 8.74. The number of para-hydroxylation sites is 1. The topological polar surface area (TPSA) is 39.2 Å². The minimum Gasteiger partial charge on any atom is -0.493 e. The Morgan fingerprint density at radius 2 is 2.06 bits per heavy atom. The van der Waals surface area contributed by atoms with E-state index in [4.69, 9.17) is 4.74 Å². The average Bonchev–Trinajstić information content (AvgIpc) is 2.40. The number of pyridine rings is 1. The number of nitrogens with zero attached hydrogens (tertiary/aromatic N) is 1. The van der Waals surface area contributed by atoms with Gasteiger partial charge in [0.1, 0.15) is 11.4 Å². The summed E-state index contributed by atoms with van der Waals surface area (Å²) in [6.45, 7) is 2.41. The lowest BCUT2D eigenvalue weighted by Gasteiger charge is -2.09. The van der Waals surface area contributed by atoms with Gasteiger partial charge in [-0.1, -0.05) is 12.1 Å². The van der Waals surface area contributed by atoms with Gasteiger partial charge in [-0.25, -0.2) is 0 Å². The number of rotatable bonds is 4. The highest BCUT2D eigenvalue weighted by molar-refractivity contribution is 9.10. The van der Waals surface area contributed by atoms with Crippen molar-refractivity contribution >= 4 is 21.7 Å². The van der Waals surface area contributed by atoms with Crippen molar-refractivity contribution in [2.75, 3.05) is 6.61 Å². The third kappa shape index (κ3) is 2.59. The van der Waals surface area contributed by atoms with Crippen molar-refractivity contribution in [2.24, 2.45) is 0 Å². The zero-order chi connectivity index (χ0) is 13.0. The van der Waals surface area contributed by atoms with Gasteiger partial charge in [-0.2, -0.15) is 0 Å². The Kier molecular flexibility index (Phi) is 4.10. The van der Waals surface area contributed by atoms with E-state index in [-0.39, 0.29) is 5.78 Å². The lowest BCUT2D eigenvalue weighted by Crippen LogP contribution is -2.07. The van der Waals surface area contributed by atoms with Crippen LogP contribution < -0.4 is 4.74 Å². The number of aromatic nitrogens is 1. The summed E-state index contributed by atoms with van der Waals surface area (Å²) in [4.78, 5) is 16.5. The molecule has 0 bridgehead atoms. The van der Waals surface area contributed by atoms with Gasteiger partial charge in [0.15, 0.2) is 0 Å². The molecule has 0 unspecified atom stereocenters. The molecule has 1 aromatic heterocycles. The fourth-order valence-electron chi connectivity index (χ4n) is 1.62.